The first-order valence-electron chi connectivity index (χ1n) is 4.45. The van der Waals surface area contributed by atoms with Crippen molar-refractivity contribution in [3.05, 3.63) is 11.9 Å². The van der Waals surface area contributed by atoms with Crippen LogP contribution in [0.2, 0.25) is 0 Å². The number of hydrogen-bond acceptors (Lipinski definition) is 4. The van der Waals surface area contributed by atoms with Crippen molar-refractivity contribution in [3.63, 3.8) is 0 Å². The van der Waals surface area contributed by atoms with Crippen LogP contribution in [-0.2, 0) is 10.0 Å². The summed E-state index contributed by atoms with van der Waals surface area (Å²) in [4.78, 5) is 0.256. The van der Waals surface area contributed by atoms with E-state index in [1.165, 1.54) is 10.5 Å². The van der Waals surface area contributed by atoms with Crippen LogP contribution < -0.4 is 0 Å². The van der Waals surface area contributed by atoms with E-state index in [4.69, 9.17) is 0 Å². The van der Waals surface area contributed by atoms with Gasteiger partial charge >= 0.3 is 0 Å². The van der Waals surface area contributed by atoms with Crippen molar-refractivity contribution in [2.45, 2.75) is 11.8 Å². The van der Waals surface area contributed by atoms with Gasteiger partial charge in [0.25, 0.3) is 0 Å². The van der Waals surface area contributed by atoms with Gasteiger partial charge in [-0.05, 0) is 13.2 Å². The van der Waals surface area contributed by atoms with Gasteiger partial charge < -0.3 is 0 Å². The fraction of sp³-hybridized carbons (Fsp3) is 0.625. The third kappa shape index (κ3) is 2.73. The van der Waals surface area contributed by atoms with Crippen LogP contribution in [0, 0.1) is 6.92 Å². The molecule has 0 spiro atoms. The predicted molar refractivity (Wildman–Crippen MR) is 61.5 cm³/mol. The molecule has 0 aliphatic rings. The number of hydrogen-bond donors (Lipinski definition) is 1. The fourth-order valence-electron chi connectivity index (χ4n) is 1.11. The molecule has 0 fully saturated rings. The number of aryl methyl sites for hydroxylation is 1. The lowest BCUT2D eigenvalue weighted by Crippen LogP contribution is -2.29. The molecule has 7 heteroatoms. The number of aromatic nitrogens is 2. The van der Waals surface area contributed by atoms with Gasteiger partial charge in [-0.1, -0.05) is 0 Å². The Balaban J connectivity index is 2.88. The van der Waals surface area contributed by atoms with E-state index in [1.807, 2.05) is 6.26 Å². The molecule has 0 unspecified atom stereocenters. The monoisotopic (exact) mass is 249 g/mol. The molecular formula is C8H15N3O2S2. The predicted octanol–water partition coefficient (Wildman–Crippen LogP) is 0.702. The normalized spacial score (nSPS) is 12.3. The van der Waals surface area contributed by atoms with E-state index in [1.54, 1.807) is 25.7 Å². The Kier molecular flexibility index (Phi) is 4.18. The van der Waals surface area contributed by atoms with Crippen molar-refractivity contribution in [2.75, 3.05) is 25.6 Å². The molecule has 0 atom stereocenters. The third-order valence-corrected chi connectivity index (χ3v) is 4.64. The van der Waals surface area contributed by atoms with Crippen LogP contribution in [-0.4, -0.2) is 48.5 Å². The van der Waals surface area contributed by atoms with Crippen molar-refractivity contribution in [3.8, 4) is 0 Å². The first-order valence-corrected chi connectivity index (χ1v) is 7.28. The van der Waals surface area contributed by atoms with E-state index in [0.29, 0.717) is 12.2 Å². The molecule has 1 N–H and O–H groups in total. The second-order valence-electron chi connectivity index (χ2n) is 3.18. The van der Waals surface area contributed by atoms with Gasteiger partial charge in [-0.2, -0.15) is 21.2 Å². The standard InChI is InChI=1S/C8H15N3O2S2/c1-7-8(6-9-10-7)15(12,13)11(2)4-5-14-3/h6H,4-5H2,1-3H3,(H,9,10). The minimum absolute atomic E-state index is 0.256. The molecule has 1 heterocycles. The number of nitrogens with one attached hydrogen (secondary N) is 1. The summed E-state index contributed by atoms with van der Waals surface area (Å²) in [6.45, 7) is 2.20. The van der Waals surface area contributed by atoms with E-state index in [-0.39, 0.29) is 4.90 Å². The van der Waals surface area contributed by atoms with Crippen LogP contribution >= 0.6 is 11.8 Å². The van der Waals surface area contributed by atoms with Crippen molar-refractivity contribution in [2.24, 2.45) is 0 Å². The lowest BCUT2D eigenvalue weighted by atomic mass is 10.5. The smallest absolute Gasteiger partial charge is 0.246 e. The Hall–Kier alpha value is -0.530. The zero-order valence-corrected chi connectivity index (χ0v) is 10.7. The van der Waals surface area contributed by atoms with Crippen molar-refractivity contribution >= 4 is 21.8 Å². The zero-order chi connectivity index (χ0) is 11.5. The molecule has 0 aliphatic carbocycles. The highest BCUT2D eigenvalue weighted by molar-refractivity contribution is 7.98. The molecule has 0 bridgehead atoms. The van der Waals surface area contributed by atoms with Gasteiger partial charge in [0.05, 0.1) is 11.9 Å². The minimum Gasteiger partial charge on any atom is -0.281 e. The van der Waals surface area contributed by atoms with Gasteiger partial charge in [-0.3, -0.25) is 5.10 Å². The second kappa shape index (κ2) is 5.00. The molecule has 1 aromatic rings. The van der Waals surface area contributed by atoms with E-state index in [2.05, 4.69) is 10.2 Å². The molecule has 0 saturated carbocycles. The summed E-state index contributed by atoms with van der Waals surface area (Å²) in [7, 11) is -1.79. The number of rotatable bonds is 5. The van der Waals surface area contributed by atoms with Crippen LogP contribution in [0.15, 0.2) is 11.1 Å². The highest BCUT2D eigenvalue weighted by Gasteiger charge is 2.23. The molecule has 1 aromatic heterocycles. The first-order chi connectivity index (χ1) is 7.00. The van der Waals surface area contributed by atoms with Crippen molar-refractivity contribution in [1.82, 2.24) is 14.5 Å². The van der Waals surface area contributed by atoms with E-state index in [9.17, 15) is 8.42 Å². The molecule has 0 radical (unpaired) electrons. The Morgan fingerprint density at radius 1 is 1.60 bits per heavy atom. The molecule has 0 aromatic carbocycles. The first kappa shape index (κ1) is 12.5. The summed E-state index contributed by atoms with van der Waals surface area (Å²) in [5.41, 5.74) is 0.575. The average molecular weight is 249 g/mol. The molecule has 1 rings (SSSR count). The van der Waals surface area contributed by atoms with Crippen LogP contribution in [0.5, 0.6) is 0 Å². The minimum atomic E-state index is -3.37. The average Bonchev–Trinajstić information content (AvgIpc) is 2.61. The highest BCUT2D eigenvalue weighted by atomic mass is 32.2. The number of aromatic amines is 1. The summed E-state index contributed by atoms with van der Waals surface area (Å²) in [5.74, 6) is 0.784. The molecule has 0 aliphatic heterocycles. The maximum atomic E-state index is 12.0. The Morgan fingerprint density at radius 3 is 2.73 bits per heavy atom. The SMILES string of the molecule is CSCCN(C)S(=O)(=O)c1cn[nH]c1C. The van der Waals surface area contributed by atoms with Crippen molar-refractivity contribution in [1.29, 1.82) is 0 Å². The molecule has 0 amide bonds. The van der Waals surface area contributed by atoms with Gasteiger partial charge in [0, 0.05) is 19.3 Å². The quantitative estimate of drug-likeness (QED) is 0.834. The van der Waals surface area contributed by atoms with Crippen LogP contribution in [0.3, 0.4) is 0 Å². The van der Waals surface area contributed by atoms with Crippen LogP contribution in [0.25, 0.3) is 0 Å². The third-order valence-electron chi connectivity index (χ3n) is 2.08. The topological polar surface area (TPSA) is 66.1 Å². The summed E-state index contributed by atoms with van der Waals surface area (Å²) >= 11 is 1.62. The van der Waals surface area contributed by atoms with Gasteiger partial charge in [0.2, 0.25) is 10.0 Å². The molecule has 86 valence electrons. The summed E-state index contributed by atoms with van der Waals surface area (Å²) in [5, 5.41) is 6.34. The van der Waals surface area contributed by atoms with Gasteiger partial charge in [-0.25, -0.2) is 8.42 Å². The summed E-state index contributed by atoms with van der Waals surface area (Å²) in [6, 6.07) is 0. The Labute approximate surface area is 94.3 Å². The Morgan fingerprint density at radius 2 is 2.27 bits per heavy atom. The number of thioether (sulfide) groups is 1. The molecular weight excluding hydrogens is 234 g/mol. The van der Waals surface area contributed by atoms with E-state index >= 15 is 0 Å². The maximum Gasteiger partial charge on any atom is 0.246 e. The zero-order valence-electron chi connectivity index (χ0n) is 9.02. The lowest BCUT2D eigenvalue weighted by molar-refractivity contribution is 0.488. The highest BCUT2D eigenvalue weighted by Crippen LogP contribution is 2.16. The van der Waals surface area contributed by atoms with Crippen LogP contribution in [0.4, 0.5) is 0 Å². The lowest BCUT2D eigenvalue weighted by Gasteiger charge is -2.15. The van der Waals surface area contributed by atoms with Gasteiger partial charge in [-0.15, -0.1) is 0 Å². The van der Waals surface area contributed by atoms with Gasteiger partial charge in [0.15, 0.2) is 0 Å². The maximum absolute atomic E-state index is 12.0. The van der Waals surface area contributed by atoms with E-state index in [0.717, 1.165) is 5.75 Å². The molecule has 15 heavy (non-hydrogen) atoms. The van der Waals surface area contributed by atoms with Crippen molar-refractivity contribution < 1.29 is 8.42 Å². The Bertz CT molecular complexity index is 413. The van der Waals surface area contributed by atoms with E-state index < -0.39 is 10.0 Å². The number of H-pyrrole nitrogens is 1. The summed E-state index contributed by atoms with van der Waals surface area (Å²) < 4.78 is 25.3. The van der Waals surface area contributed by atoms with Gasteiger partial charge in [0.1, 0.15) is 4.90 Å². The largest absolute Gasteiger partial charge is 0.281 e. The molecule has 0 saturated heterocycles. The van der Waals surface area contributed by atoms with Crippen LogP contribution in [0.1, 0.15) is 5.69 Å². The fourth-order valence-corrected chi connectivity index (χ4v) is 2.97. The summed E-state index contributed by atoms with van der Waals surface area (Å²) in [6.07, 6.45) is 3.30. The number of sulfonamides is 1. The number of nitrogens with zero attached hydrogens (tertiary/aromatic N) is 2. The second-order valence-corrected chi connectivity index (χ2v) is 6.18. The molecule has 5 nitrogen and oxygen atoms in total.